The highest BCUT2D eigenvalue weighted by Crippen LogP contribution is 2.30. The molecule has 4 aliphatic heterocycles. The van der Waals surface area contributed by atoms with Gasteiger partial charge < -0.3 is 34.0 Å². The van der Waals surface area contributed by atoms with Crippen LogP contribution in [-0.2, 0) is 23.9 Å². The number of hydrogen-bond donors (Lipinski definition) is 0. The zero-order valence-corrected chi connectivity index (χ0v) is 19.6. The van der Waals surface area contributed by atoms with Crippen LogP contribution in [-0.4, -0.2) is 106 Å². The molecule has 4 aliphatic rings. The Bertz CT molecular complexity index is 845. The zero-order valence-electron chi connectivity index (χ0n) is 19.6. The van der Waals surface area contributed by atoms with Crippen molar-refractivity contribution in [3.8, 4) is 0 Å². The van der Waals surface area contributed by atoms with E-state index < -0.39 is 11.6 Å². The Labute approximate surface area is 193 Å². The van der Waals surface area contributed by atoms with Crippen LogP contribution in [0.4, 0.5) is 4.79 Å². The van der Waals surface area contributed by atoms with Crippen LogP contribution < -0.4 is 0 Å². The van der Waals surface area contributed by atoms with Crippen LogP contribution in [0.25, 0.3) is 0 Å². The van der Waals surface area contributed by atoms with Gasteiger partial charge in [0.15, 0.2) is 6.73 Å². The van der Waals surface area contributed by atoms with E-state index in [1.54, 1.807) is 16.0 Å². The molecule has 3 fully saturated rings. The SMILES string of the molecule is CC(C)(C)OC(=O)N1CCC(N2CN3CN(COC(=O)CN4CCCC4=O)C=C3C2=O)CC1. The van der Waals surface area contributed by atoms with E-state index in [-0.39, 0.29) is 37.2 Å². The van der Waals surface area contributed by atoms with Gasteiger partial charge in [0.2, 0.25) is 5.91 Å². The largest absolute Gasteiger partial charge is 0.444 e. The second-order valence-corrected chi connectivity index (χ2v) is 9.96. The number of carbonyl (C=O) groups is 4. The predicted molar refractivity (Wildman–Crippen MR) is 116 cm³/mol. The lowest BCUT2D eigenvalue weighted by atomic mass is 10.0. The third kappa shape index (κ3) is 5.33. The van der Waals surface area contributed by atoms with Crippen LogP contribution in [0.1, 0.15) is 46.5 Å². The Hall–Kier alpha value is -2.98. The normalized spacial score (nSPS) is 21.7. The number of esters is 1. The van der Waals surface area contributed by atoms with E-state index in [0.717, 1.165) is 6.42 Å². The maximum Gasteiger partial charge on any atom is 0.410 e. The fraction of sp³-hybridized carbons (Fsp3) is 0.727. The van der Waals surface area contributed by atoms with Crippen molar-refractivity contribution in [1.29, 1.82) is 0 Å². The molecule has 0 bridgehead atoms. The Morgan fingerprint density at radius 1 is 1.09 bits per heavy atom. The molecule has 0 saturated carbocycles. The molecule has 0 aromatic heterocycles. The molecule has 0 aromatic rings. The molecule has 11 nitrogen and oxygen atoms in total. The van der Waals surface area contributed by atoms with Crippen molar-refractivity contribution >= 4 is 23.9 Å². The minimum atomic E-state index is -0.526. The van der Waals surface area contributed by atoms with Crippen LogP contribution >= 0.6 is 0 Å². The highest BCUT2D eigenvalue weighted by molar-refractivity contribution is 5.95. The first-order valence-electron chi connectivity index (χ1n) is 11.5. The number of fused-ring (bicyclic) bond motifs is 1. The second-order valence-electron chi connectivity index (χ2n) is 9.96. The Morgan fingerprint density at radius 2 is 1.82 bits per heavy atom. The van der Waals surface area contributed by atoms with Gasteiger partial charge in [0.1, 0.15) is 17.8 Å². The molecule has 3 amide bonds. The molecule has 33 heavy (non-hydrogen) atoms. The van der Waals surface area contributed by atoms with Crippen molar-refractivity contribution in [3.63, 3.8) is 0 Å². The van der Waals surface area contributed by atoms with Crippen LogP contribution in [0.5, 0.6) is 0 Å². The number of ether oxygens (including phenoxy) is 2. The number of rotatable bonds is 5. The van der Waals surface area contributed by atoms with Gasteiger partial charge >= 0.3 is 12.1 Å². The molecule has 0 spiro atoms. The fourth-order valence-corrected chi connectivity index (χ4v) is 4.57. The fourth-order valence-electron chi connectivity index (χ4n) is 4.57. The standard InChI is InChI=1S/C22H33N5O6/c1-22(2,3)33-21(31)24-9-6-16(7-10-24)27-14-26-13-23(11-17(26)20(27)30)15-32-19(29)12-25-8-4-5-18(25)28/h11,16H,4-10,12-15H2,1-3H3. The van der Waals surface area contributed by atoms with Crippen molar-refractivity contribution in [2.75, 3.05) is 46.2 Å². The molecule has 0 atom stereocenters. The van der Waals surface area contributed by atoms with Gasteiger partial charge in [-0.3, -0.25) is 14.4 Å². The van der Waals surface area contributed by atoms with Gasteiger partial charge in [-0.1, -0.05) is 0 Å². The molecule has 182 valence electrons. The predicted octanol–water partition coefficient (Wildman–Crippen LogP) is 0.725. The highest BCUT2D eigenvalue weighted by Gasteiger charge is 2.42. The summed E-state index contributed by atoms with van der Waals surface area (Å²) in [5.74, 6) is -0.499. The number of amides is 3. The molecular weight excluding hydrogens is 430 g/mol. The minimum absolute atomic E-state index is 0.0153. The van der Waals surface area contributed by atoms with Gasteiger partial charge in [-0.25, -0.2) is 4.79 Å². The lowest BCUT2D eigenvalue weighted by Crippen LogP contribution is -2.49. The van der Waals surface area contributed by atoms with Crippen molar-refractivity contribution in [2.24, 2.45) is 0 Å². The summed E-state index contributed by atoms with van der Waals surface area (Å²) in [7, 11) is 0. The van der Waals surface area contributed by atoms with Gasteiger partial charge in [-0.05, 0) is 40.0 Å². The average Bonchev–Trinajstić information content (AvgIpc) is 3.42. The topological polar surface area (TPSA) is 103 Å². The summed E-state index contributed by atoms with van der Waals surface area (Å²) in [6, 6.07) is 0.0759. The van der Waals surface area contributed by atoms with E-state index in [2.05, 4.69) is 0 Å². The van der Waals surface area contributed by atoms with E-state index in [9.17, 15) is 19.2 Å². The van der Waals surface area contributed by atoms with E-state index in [1.165, 1.54) is 4.90 Å². The van der Waals surface area contributed by atoms with E-state index in [4.69, 9.17) is 9.47 Å². The van der Waals surface area contributed by atoms with Crippen LogP contribution in [0, 0.1) is 0 Å². The molecule has 4 rings (SSSR count). The Balaban J connectivity index is 1.23. The summed E-state index contributed by atoms with van der Waals surface area (Å²) >= 11 is 0. The molecule has 0 N–H and O–H groups in total. The quantitative estimate of drug-likeness (QED) is 0.550. The molecular formula is C22H33N5O6. The number of nitrogens with zero attached hydrogens (tertiary/aromatic N) is 5. The van der Waals surface area contributed by atoms with Crippen LogP contribution in [0.3, 0.4) is 0 Å². The molecule has 0 radical (unpaired) electrons. The zero-order chi connectivity index (χ0) is 23.8. The summed E-state index contributed by atoms with van der Waals surface area (Å²) in [5, 5.41) is 0. The molecule has 0 aliphatic carbocycles. The van der Waals surface area contributed by atoms with Crippen molar-refractivity contribution in [2.45, 2.75) is 58.1 Å². The third-order valence-corrected chi connectivity index (χ3v) is 6.24. The molecule has 11 heteroatoms. The van der Waals surface area contributed by atoms with E-state index >= 15 is 0 Å². The number of carbonyl (C=O) groups excluding carboxylic acids is 4. The van der Waals surface area contributed by atoms with Gasteiger partial charge in [-0.15, -0.1) is 0 Å². The second kappa shape index (κ2) is 9.11. The molecule has 3 saturated heterocycles. The third-order valence-electron chi connectivity index (χ3n) is 6.24. The van der Waals surface area contributed by atoms with Gasteiger partial charge in [0.25, 0.3) is 5.91 Å². The van der Waals surface area contributed by atoms with Crippen LogP contribution in [0.15, 0.2) is 11.9 Å². The molecule has 4 heterocycles. The smallest absolute Gasteiger partial charge is 0.410 e. The van der Waals surface area contributed by atoms with Gasteiger partial charge in [0.05, 0.1) is 13.3 Å². The lowest BCUT2D eigenvalue weighted by Gasteiger charge is -2.37. The van der Waals surface area contributed by atoms with Crippen molar-refractivity contribution in [3.05, 3.63) is 11.9 Å². The van der Waals surface area contributed by atoms with E-state index in [1.807, 2.05) is 30.6 Å². The highest BCUT2D eigenvalue weighted by atomic mass is 16.6. The first kappa shape index (κ1) is 23.2. The number of piperidine rings is 1. The van der Waals surface area contributed by atoms with Gasteiger partial charge in [0, 0.05) is 38.3 Å². The maximum atomic E-state index is 13.0. The monoisotopic (exact) mass is 463 g/mol. The Morgan fingerprint density at radius 3 is 2.42 bits per heavy atom. The summed E-state index contributed by atoms with van der Waals surface area (Å²) < 4.78 is 10.7. The molecule has 0 aromatic carbocycles. The van der Waals surface area contributed by atoms with Gasteiger partial charge in [-0.2, -0.15) is 0 Å². The minimum Gasteiger partial charge on any atom is -0.444 e. The van der Waals surface area contributed by atoms with Crippen molar-refractivity contribution < 1.29 is 28.7 Å². The Kier molecular flexibility index (Phi) is 6.40. The number of likely N-dealkylation sites (tertiary alicyclic amines) is 2. The molecule has 0 unspecified atom stereocenters. The first-order valence-corrected chi connectivity index (χ1v) is 11.5. The number of hydrogen-bond acceptors (Lipinski definition) is 8. The lowest BCUT2D eigenvalue weighted by molar-refractivity contribution is -0.151. The van der Waals surface area contributed by atoms with E-state index in [0.29, 0.717) is 57.9 Å². The summed E-state index contributed by atoms with van der Waals surface area (Å²) in [6.07, 6.45) is 4.10. The van der Waals surface area contributed by atoms with Crippen molar-refractivity contribution in [1.82, 2.24) is 24.5 Å². The first-order chi connectivity index (χ1) is 15.6. The average molecular weight is 464 g/mol. The maximum absolute atomic E-state index is 13.0. The summed E-state index contributed by atoms with van der Waals surface area (Å²) in [5.41, 5.74) is 0.0670. The summed E-state index contributed by atoms with van der Waals surface area (Å²) in [6.45, 7) is 8.22. The van der Waals surface area contributed by atoms with Crippen LogP contribution in [0.2, 0.25) is 0 Å². The summed E-state index contributed by atoms with van der Waals surface area (Å²) in [4.78, 5) is 57.7.